The number of hydrogen-bond acceptors (Lipinski definition) is 3. The third-order valence-corrected chi connectivity index (χ3v) is 3.12. The van der Waals surface area contributed by atoms with Crippen molar-refractivity contribution in [3.63, 3.8) is 0 Å². The predicted octanol–water partition coefficient (Wildman–Crippen LogP) is 2.02. The molecule has 18 heavy (non-hydrogen) atoms. The molecule has 1 unspecified atom stereocenters. The molecule has 0 aromatic heterocycles. The first kappa shape index (κ1) is 17.1. The van der Waals surface area contributed by atoms with Gasteiger partial charge in [-0.25, -0.2) is 4.79 Å². The van der Waals surface area contributed by atoms with Crippen LogP contribution in [0.4, 0.5) is 4.79 Å². The van der Waals surface area contributed by atoms with Crippen LogP contribution in [0.2, 0.25) is 0 Å². The zero-order valence-electron chi connectivity index (χ0n) is 11.8. The SMILES string of the molecule is CSCCC(C)NC(=O)N(CC(=O)O)C(C)(C)C. The number of carboxylic acids is 1. The second kappa shape index (κ2) is 7.51. The zero-order valence-corrected chi connectivity index (χ0v) is 12.6. The number of hydrogen-bond donors (Lipinski definition) is 2. The Morgan fingerprint density at radius 1 is 1.39 bits per heavy atom. The number of thioether (sulfide) groups is 1. The van der Waals surface area contributed by atoms with Crippen molar-refractivity contribution in [1.29, 1.82) is 0 Å². The molecule has 1 atom stereocenters. The average Bonchev–Trinajstić information content (AvgIpc) is 2.21. The lowest BCUT2D eigenvalue weighted by Gasteiger charge is -2.35. The van der Waals surface area contributed by atoms with Gasteiger partial charge in [-0.2, -0.15) is 11.8 Å². The van der Waals surface area contributed by atoms with Crippen molar-refractivity contribution in [2.75, 3.05) is 18.6 Å². The van der Waals surface area contributed by atoms with E-state index in [0.29, 0.717) is 0 Å². The predicted molar refractivity (Wildman–Crippen MR) is 75.1 cm³/mol. The van der Waals surface area contributed by atoms with E-state index in [1.54, 1.807) is 11.8 Å². The number of carbonyl (C=O) groups is 2. The number of nitrogens with zero attached hydrogens (tertiary/aromatic N) is 1. The van der Waals surface area contributed by atoms with Crippen LogP contribution in [0.15, 0.2) is 0 Å². The van der Waals surface area contributed by atoms with Gasteiger partial charge in [-0.05, 0) is 46.1 Å². The summed E-state index contributed by atoms with van der Waals surface area (Å²) in [5.74, 6) is -0.0348. The summed E-state index contributed by atoms with van der Waals surface area (Å²) in [7, 11) is 0. The topological polar surface area (TPSA) is 69.6 Å². The molecule has 106 valence electrons. The summed E-state index contributed by atoms with van der Waals surface area (Å²) in [6.07, 6.45) is 2.89. The molecule has 0 aliphatic rings. The number of amides is 2. The lowest BCUT2D eigenvalue weighted by atomic mass is 10.1. The standard InChI is InChI=1S/C12H24N2O3S/c1-9(6-7-18-5)13-11(17)14(8-10(15)16)12(2,3)4/h9H,6-8H2,1-5H3,(H,13,17)(H,15,16). The first-order valence-corrected chi connectivity index (χ1v) is 7.36. The molecule has 0 bridgehead atoms. The van der Waals surface area contributed by atoms with E-state index in [4.69, 9.17) is 5.11 Å². The van der Waals surface area contributed by atoms with Crippen molar-refractivity contribution in [2.24, 2.45) is 0 Å². The van der Waals surface area contributed by atoms with Gasteiger partial charge in [0.25, 0.3) is 0 Å². The minimum Gasteiger partial charge on any atom is -0.480 e. The Morgan fingerprint density at radius 2 is 1.94 bits per heavy atom. The molecular formula is C12H24N2O3S. The van der Waals surface area contributed by atoms with Gasteiger partial charge >= 0.3 is 12.0 Å². The van der Waals surface area contributed by atoms with Crippen molar-refractivity contribution in [3.8, 4) is 0 Å². The lowest BCUT2D eigenvalue weighted by molar-refractivity contribution is -0.138. The summed E-state index contributed by atoms with van der Waals surface area (Å²) >= 11 is 1.72. The maximum Gasteiger partial charge on any atom is 0.323 e. The molecule has 0 spiro atoms. The van der Waals surface area contributed by atoms with E-state index in [-0.39, 0.29) is 18.6 Å². The maximum atomic E-state index is 12.0. The summed E-state index contributed by atoms with van der Waals surface area (Å²) < 4.78 is 0. The number of rotatable bonds is 6. The molecule has 0 fully saturated rings. The van der Waals surface area contributed by atoms with Crippen molar-refractivity contribution < 1.29 is 14.7 Å². The number of carbonyl (C=O) groups excluding carboxylic acids is 1. The number of carboxylic acid groups (broad SMARTS) is 1. The number of aliphatic carboxylic acids is 1. The van der Waals surface area contributed by atoms with Crippen LogP contribution in [0.1, 0.15) is 34.1 Å². The van der Waals surface area contributed by atoms with Gasteiger partial charge in [-0.3, -0.25) is 4.79 Å². The quantitative estimate of drug-likeness (QED) is 0.778. The van der Waals surface area contributed by atoms with Crippen molar-refractivity contribution in [2.45, 2.75) is 45.7 Å². The van der Waals surface area contributed by atoms with Crippen molar-refractivity contribution >= 4 is 23.8 Å². The number of nitrogens with one attached hydrogen (secondary N) is 1. The summed E-state index contributed by atoms with van der Waals surface area (Å²) in [5, 5.41) is 11.7. The van der Waals surface area contributed by atoms with Gasteiger partial charge in [-0.1, -0.05) is 0 Å². The lowest BCUT2D eigenvalue weighted by Crippen LogP contribution is -2.54. The van der Waals surface area contributed by atoms with E-state index >= 15 is 0 Å². The Morgan fingerprint density at radius 3 is 2.33 bits per heavy atom. The van der Waals surface area contributed by atoms with Gasteiger partial charge in [0, 0.05) is 11.6 Å². The van der Waals surface area contributed by atoms with Crippen molar-refractivity contribution in [1.82, 2.24) is 10.2 Å². The summed E-state index contributed by atoms with van der Waals surface area (Å²) in [6.45, 7) is 7.10. The molecule has 0 heterocycles. The van der Waals surface area contributed by atoms with Gasteiger partial charge in [-0.15, -0.1) is 0 Å². The molecule has 2 amide bonds. The molecule has 0 radical (unpaired) electrons. The fraction of sp³-hybridized carbons (Fsp3) is 0.833. The highest BCUT2D eigenvalue weighted by molar-refractivity contribution is 7.98. The van der Waals surface area contributed by atoms with Gasteiger partial charge in [0.05, 0.1) is 0 Å². The van der Waals surface area contributed by atoms with Gasteiger partial charge < -0.3 is 15.3 Å². The minimum absolute atomic E-state index is 0.0450. The molecule has 0 aromatic carbocycles. The third kappa shape index (κ3) is 6.74. The van der Waals surface area contributed by atoms with Crippen LogP contribution in [-0.2, 0) is 4.79 Å². The molecular weight excluding hydrogens is 252 g/mol. The molecule has 0 saturated heterocycles. The third-order valence-electron chi connectivity index (χ3n) is 2.47. The van der Waals surface area contributed by atoms with Crippen LogP contribution in [0.5, 0.6) is 0 Å². The fourth-order valence-electron chi connectivity index (χ4n) is 1.40. The summed E-state index contributed by atoms with van der Waals surface area (Å²) in [4.78, 5) is 24.2. The van der Waals surface area contributed by atoms with E-state index < -0.39 is 11.5 Å². The van der Waals surface area contributed by atoms with E-state index in [2.05, 4.69) is 5.32 Å². The normalized spacial score (nSPS) is 12.9. The Balaban J connectivity index is 4.52. The molecule has 6 heteroatoms. The number of urea groups is 1. The highest BCUT2D eigenvalue weighted by Gasteiger charge is 2.28. The van der Waals surface area contributed by atoms with E-state index in [9.17, 15) is 9.59 Å². The maximum absolute atomic E-state index is 12.0. The highest BCUT2D eigenvalue weighted by atomic mass is 32.2. The van der Waals surface area contributed by atoms with Crippen LogP contribution >= 0.6 is 11.8 Å². The van der Waals surface area contributed by atoms with E-state index in [0.717, 1.165) is 12.2 Å². The Bertz CT molecular complexity index is 290. The fourth-order valence-corrected chi connectivity index (χ4v) is 1.99. The Labute approximate surface area is 113 Å². The van der Waals surface area contributed by atoms with Gasteiger partial charge in [0.1, 0.15) is 6.54 Å². The van der Waals surface area contributed by atoms with E-state index in [1.807, 2.05) is 34.0 Å². The molecule has 0 rings (SSSR count). The summed E-state index contributed by atoms with van der Waals surface area (Å²) in [6, 6.07) is -0.276. The van der Waals surface area contributed by atoms with Crippen LogP contribution in [0.3, 0.4) is 0 Å². The monoisotopic (exact) mass is 276 g/mol. The molecule has 0 aliphatic heterocycles. The van der Waals surface area contributed by atoms with E-state index in [1.165, 1.54) is 4.90 Å². The zero-order chi connectivity index (χ0) is 14.3. The van der Waals surface area contributed by atoms with Crippen LogP contribution in [0.25, 0.3) is 0 Å². The Kier molecular flexibility index (Phi) is 7.13. The second-order valence-corrected chi connectivity index (χ2v) is 6.27. The van der Waals surface area contributed by atoms with Gasteiger partial charge in [0.15, 0.2) is 0 Å². The smallest absolute Gasteiger partial charge is 0.323 e. The van der Waals surface area contributed by atoms with Crippen LogP contribution in [0, 0.1) is 0 Å². The minimum atomic E-state index is -1.00. The second-order valence-electron chi connectivity index (χ2n) is 5.28. The molecule has 0 aliphatic carbocycles. The molecule has 2 N–H and O–H groups in total. The first-order valence-electron chi connectivity index (χ1n) is 5.97. The molecule has 0 saturated carbocycles. The summed E-state index contributed by atoms with van der Waals surface area (Å²) in [5.41, 5.74) is -0.512. The highest BCUT2D eigenvalue weighted by Crippen LogP contribution is 2.13. The van der Waals surface area contributed by atoms with Crippen molar-refractivity contribution in [3.05, 3.63) is 0 Å². The Hall–Kier alpha value is -0.910. The largest absolute Gasteiger partial charge is 0.480 e. The first-order chi connectivity index (χ1) is 8.18. The van der Waals surface area contributed by atoms with Crippen LogP contribution < -0.4 is 5.32 Å². The van der Waals surface area contributed by atoms with Gasteiger partial charge in [0.2, 0.25) is 0 Å². The molecule has 0 aromatic rings. The van der Waals surface area contributed by atoms with Crippen LogP contribution in [-0.4, -0.2) is 52.1 Å². The molecule has 5 nitrogen and oxygen atoms in total. The average molecular weight is 276 g/mol.